The van der Waals surface area contributed by atoms with E-state index in [9.17, 15) is 9.90 Å². The first-order valence-electron chi connectivity index (χ1n) is 6.63. The maximum absolute atomic E-state index is 11.6. The zero-order chi connectivity index (χ0) is 12.0. The molecule has 0 saturated heterocycles. The van der Waals surface area contributed by atoms with Gasteiger partial charge in [-0.15, -0.1) is 0 Å². The van der Waals surface area contributed by atoms with Crippen LogP contribution in [0.3, 0.4) is 0 Å². The lowest BCUT2D eigenvalue weighted by Crippen LogP contribution is -2.53. The number of fused-ring (bicyclic) bond motifs is 1. The number of carbonyl (C=O) groups is 1. The highest BCUT2D eigenvalue weighted by atomic mass is 16.4. The SMILES string of the molecule is CC1(C(=O)O)CCC2CCCCC2C1(C)C. The molecule has 2 aliphatic carbocycles. The summed E-state index contributed by atoms with van der Waals surface area (Å²) in [7, 11) is 0. The zero-order valence-corrected chi connectivity index (χ0v) is 10.8. The van der Waals surface area contributed by atoms with Crippen molar-refractivity contribution in [3.63, 3.8) is 0 Å². The summed E-state index contributed by atoms with van der Waals surface area (Å²) in [6.07, 6.45) is 7.18. The fraction of sp³-hybridized carbons (Fsp3) is 0.929. The Morgan fingerprint density at radius 3 is 2.38 bits per heavy atom. The Labute approximate surface area is 98.4 Å². The quantitative estimate of drug-likeness (QED) is 0.737. The third-order valence-electron chi connectivity index (χ3n) is 5.75. The van der Waals surface area contributed by atoms with E-state index in [1.165, 1.54) is 25.7 Å². The molecule has 2 aliphatic rings. The van der Waals surface area contributed by atoms with Gasteiger partial charge in [0.2, 0.25) is 0 Å². The summed E-state index contributed by atoms with van der Waals surface area (Å²) >= 11 is 0. The lowest BCUT2D eigenvalue weighted by molar-refractivity contribution is -0.168. The van der Waals surface area contributed by atoms with Gasteiger partial charge in [-0.3, -0.25) is 4.79 Å². The predicted molar refractivity (Wildman–Crippen MR) is 64.2 cm³/mol. The molecule has 0 aromatic heterocycles. The first kappa shape index (κ1) is 11.9. The van der Waals surface area contributed by atoms with Gasteiger partial charge in [0.05, 0.1) is 5.41 Å². The van der Waals surface area contributed by atoms with E-state index in [2.05, 4.69) is 13.8 Å². The van der Waals surface area contributed by atoms with E-state index in [0.29, 0.717) is 5.92 Å². The number of rotatable bonds is 1. The van der Waals surface area contributed by atoms with Crippen LogP contribution in [-0.2, 0) is 4.79 Å². The van der Waals surface area contributed by atoms with Gasteiger partial charge in [-0.1, -0.05) is 33.1 Å². The van der Waals surface area contributed by atoms with Gasteiger partial charge < -0.3 is 5.11 Å². The Morgan fingerprint density at radius 1 is 1.12 bits per heavy atom. The molecule has 0 aromatic rings. The van der Waals surface area contributed by atoms with Gasteiger partial charge >= 0.3 is 5.97 Å². The van der Waals surface area contributed by atoms with E-state index < -0.39 is 11.4 Å². The van der Waals surface area contributed by atoms with Crippen LogP contribution in [0.25, 0.3) is 0 Å². The number of carboxylic acid groups (broad SMARTS) is 1. The maximum Gasteiger partial charge on any atom is 0.309 e. The Balaban J connectivity index is 2.31. The van der Waals surface area contributed by atoms with Gasteiger partial charge in [0.1, 0.15) is 0 Å². The minimum atomic E-state index is -0.596. The first-order chi connectivity index (χ1) is 7.39. The fourth-order valence-electron chi connectivity index (χ4n) is 4.09. The number of hydrogen-bond acceptors (Lipinski definition) is 1. The van der Waals surface area contributed by atoms with Gasteiger partial charge in [-0.05, 0) is 43.4 Å². The molecule has 92 valence electrons. The lowest BCUT2D eigenvalue weighted by atomic mass is 9.48. The largest absolute Gasteiger partial charge is 0.481 e. The molecule has 2 heteroatoms. The van der Waals surface area contributed by atoms with Gasteiger partial charge in [-0.2, -0.15) is 0 Å². The molecule has 1 N–H and O–H groups in total. The molecule has 2 nitrogen and oxygen atoms in total. The summed E-state index contributed by atoms with van der Waals surface area (Å²) in [5, 5.41) is 9.52. The normalized spacial score (nSPS) is 42.4. The van der Waals surface area contributed by atoms with Crippen LogP contribution >= 0.6 is 0 Å². The number of aliphatic carboxylic acids is 1. The van der Waals surface area contributed by atoms with E-state index in [4.69, 9.17) is 0 Å². The van der Waals surface area contributed by atoms with Crippen LogP contribution in [0.1, 0.15) is 59.3 Å². The Bertz CT molecular complexity index is 295. The molecule has 0 amide bonds. The van der Waals surface area contributed by atoms with Gasteiger partial charge in [0.15, 0.2) is 0 Å². The van der Waals surface area contributed by atoms with Crippen molar-refractivity contribution in [3.05, 3.63) is 0 Å². The summed E-state index contributed by atoms with van der Waals surface area (Å²) < 4.78 is 0. The van der Waals surface area contributed by atoms with Gasteiger partial charge in [0.25, 0.3) is 0 Å². The van der Waals surface area contributed by atoms with Crippen molar-refractivity contribution in [1.82, 2.24) is 0 Å². The molecule has 0 aromatic carbocycles. The zero-order valence-electron chi connectivity index (χ0n) is 10.8. The molecule has 0 aliphatic heterocycles. The molecular weight excluding hydrogens is 200 g/mol. The van der Waals surface area contributed by atoms with E-state index in [0.717, 1.165) is 18.8 Å². The van der Waals surface area contributed by atoms with E-state index >= 15 is 0 Å². The predicted octanol–water partition coefficient (Wildman–Crippen LogP) is 3.70. The van der Waals surface area contributed by atoms with Crippen LogP contribution < -0.4 is 0 Å². The third-order valence-corrected chi connectivity index (χ3v) is 5.75. The van der Waals surface area contributed by atoms with Crippen molar-refractivity contribution in [2.45, 2.75) is 59.3 Å². The van der Waals surface area contributed by atoms with Crippen LogP contribution in [0.15, 0.2) is 0 Å². The Kier molecular flexibility index (Phi) is 2.80. The van der Waals surface area contributed by atoms with Gasteiger partial charge in [-0.25, -0.2) is 0 Å². The van der Waals surface area contributed by atoms with Crippen LogP contribution in [0.4, 0.5) is 0 Å². The van der Waals surface area contributed by atoms with E-state index in [1.54, 1.807) is 0 Å². The van der Waals surface area contributed by atoms with E-state index in [1.807, 2.05) is 6.92 Å². The van der Waals surface area contributed by atoms with Gasteiger partial charge in [0, 0.05) is 0 Å². The topological polar surface area (TPSA) is 37.3 Å². The third kappa shape index (κ3) is 1.49. The molecule has 2 saturated carbocycles. The van der Waals surface area contributed by atoms with Crippen molar-refractivity contribution in [2.75, 3.05) is 0 Å². The fourth-order valence-corrected chi connectivity index (χ4v) is 4.09. The number of hydrogen-bond donors (Lipinski definition) is 1. The monoisotopic (exact) mass is 224 g/mol. The highest BCUT2D eigenvalue weighted by Gasteiger charge is 2.56. The molecule has 16 heavy (non-hydrogen) atoms. The highest BCUT2D eigenvalue weighted by Crippen LogP contribution is 2.59. The van der Waals surface area contributed by atoms with Crippen molar-refractivity contribution in [1.29, 1.82) is 0 Å². The Hall–Kier alpha value is -0.530. The van der Waals surface area contributed by atoms with Crippen LogP contribution in [0.5, 0.6) is 0 Å². The second-order valence-corrected chi connectivity index (χ2v) is 6.55. The van der Waals surface area contributed by atoms with Crippen LogP contribution in [0.2, 0.25) is 0 Å². The molecule has 0 spiro atoms. The molecule has 3 unspecified atom stereocenters. The maximum atomic E-state index is 11.6. The first-order valence-corrected chi connectivity index (χ1v) is 6.63. The summed E-state index contributed by atoms with van der Waals surface area (Å²) in [4.78, 5) is 11.6. The van der Waals surface area contributed by atoms with Crippen molar-refractivity contribution < 1.29 is 9.90 Å². The summed E-state index contributed by atoms with van der Waals surface area (Å²) in [5.74, 6) is 0.814. The second kappa shape index (κ2) is 3.75. The van der Waals surface area contributed by atoms with Crippen LogP contribution in [-0.4, -0.2) is 11.1 Å². The minimum absolute atomic E-state index is 0.0534. The van der Waals surface area contributed by atoms with E-state index in [-0.39, 0.29) is 5.41 Å². The Morgan fingerprint density at radius 2 is 1.75 bits per heavy atom. The highest BCUT2D eigenvalue weighted by molar-refractivity contribution is 5.75. The number of carboxylic acids is 1. The second-order valence-electron chi connectivity index (χ2n) is 6.55. The molecule has 0 heterocycles. The van der Waals surface area contributed by atoms with Crippen molar-refractivity contribution in [2.24, 2.45) is 22.7 Å². The molecule has 0 bridgehead atoms. The molecular formula is C14H24O2. The molecule has 2 rings (SSSR count). The summed E-state index contributed by atoms with van der Waals surface area (Å²) in [6, 6.07) is 0. The lowest BCUT2D eigenvalue weighted by Gasteiger charge is -2.55. The van der Waals surface area contributed by atoms with Crippen LogP contribution in [0, 0.1) is 22.7 Å². The van der Waals surface area contributed by atoms with Crippen molar-refractivity contribution in [3.8, 4) is 0 Å². The molecule has 0 radical (unpaired) electrons. The minimum Gasteiger partial charge on any atom is -0.481 e. The average molecular weight is 224 g/mol. The smallest absolute Gasteiger partial charge is 0.309 e. The molecule has 3 atom stereocenters. The summed E-state index contributed by atoms with van der Waals surface area (Å²) in [6.45, 7) is 6.33. The average Bonchev–Trinajstić information content (AvgIpc) is 2.24. The van der Waals surface area contributed by atoms with Crippen molar-refractivity contribution >= 4 is 5.97 Å². The standard InChI is InChI=1S/C14H24O2/c1-13(2)11-7-5-4-6-10(11)8-9-14(13,3)12(15)16/h10-11H,4-9H2,1-3H3,(H,15,16). The molecule has 2 fully saturated rings. The summed E-state index contributed by atoms with van der Waals surface area (Å²) in [5.41, 5.74) is -0.576.